The number of hydrogen-bond acceptors (Lipinski definition) is 7. The molecule has 4 aromatic rings. The van der Waals surface area contributed by atoms with Crippen molar-refractivity contribution in [1.82, 2.24) is 24.4 Å². The molecule has 1 aliphatic heterocycles. The van der Waals surface area contributed by atoms with Gasteiger partial charge >= 0.3 is 0 Å². The van der Waals surface area contributed by atoms with Crippen LogP contribution in [0.3, 0.4) is 0 Å². The summed E-state index contributed by atoms with van der Waals surface area (Å²) in [5.41, 5.74) is 5.59. The van der Waals surface area contributed by atoms with Gasteiger partial charge in [-0.15, -0.1) is 0 Å². The maximum absolute atomic E-state index is 5.04. The Balaban J connectivity index is 1.29. The Morgan fingerprint density at radius 2 is 1.76 bits per heavy atom. The molecule has 1 N–H and O–H groups in total. The highest BCUT2D eigenvalue weighted by Gasteiger charge is 2.24. The first-order chi connectivity index (χ1) is 16.7. The number of hydrogen-bond donors (Lipinski definition) is 1. The maximum atomic E-state index is 5.04. The number of rotatable bonds is 6. The van der Waals surface area contributed by atoms with E-state index in [2.05, 4.69) is 67.8 Å². The zero-order chi connectivity index (χ0) is 22.9. The quantitative estimate of drug-likeness (QED) is 0.424. The standard InChI is InChI=1S/C26H31N7S/c1-31-11-13-32(14-12-31)26-29-24(23-25(30-26)33(18-28-23)22-4-2-3-5-22)27-16-19-6-8-20(9-7-19)21-10-15-34-17-21/h6-10,15,17-18,22H,2-5,11-14,16H2,1H3,(H,27,29,30). The van der Waals surface area contributed by atoms with Gasteiger partial charge in [0.2, 0.25) is 5.95 Å². The Kier molecular flexibility index (Phi) is 5.93. The van der Waals surface area contributed by atoms with E-state index in [0.29, 0.717) is 12.6 Å². The highest BCUT2D eigenvalue weighted by Crippen LogP contribution is 2.33. The molecule has 6 rings (SSSR count). The van der Waals surface area contributed by atoms with Crippen molar-refractivity contribution in [2.45, 2.75) is 38.3 Å². The van der Waals surface area contributed by atoms with Crippen LogP contribution in [0.4, 0.5) is 11.8 Å². The zero-order valence-electron chi connectivity index (χ0n) is 19.7. The van der Waals surface area contributed by atoms with E-state index >= 15 is 0 Å². The summed E-state index contributed by atoms with van der Waals surface area (Å²) in [6.45, 7) is 4.66. The van der Waals surface area contributed by atoms with Crippen LogP contribution in [0.15, 0.2) is 47.4 Å². The van der Waals surface area contributed by atoms with Crippen LogP contribution in [0.25, 0.3) is 22.3 Å². The molecule has 1 saturated heterocycles. The Morgan fingerprint density at radius 1 is 0.971 bits per heavy atom. The molecule has 1 saturated carbocycles. The summed E-state index contributed by atoms with van der Waals surface area (Å²) < 4.78 is 2.30. The van der Waals surface area contributed by atoms with Crippen LogP contribution >= 0.6 is 11.3 Å². The van der Waals surface area contributed by atoms with Gasteiger partial charge in [-0.2, -0.15) is 21.3 Å². The molecule has 34 heavy (non-hydrogen) atoms. The van der Waals surface area contributed by atoms with Gasteiger partial charge in [-0.1, -0.05) is 37.1 Å². The number of thiophene rings is 1. The molecule has 3 aromatic heterocycles. The summed E-state index contributed by atoms with van der Waals surface area (Å²) in [6.07, 6.45) is 6.96. The van der Waals surface area contributed by atoms with Gasteiger partial charge in [0.15, 0.2) is 17.0 Å². The molecule has 0 spiro atoms. The average Bonchev–Trinajstić information content (AvgIpc) is 3.65. The average molecular weight is 474 g/mol. The van der Waals surface area contributed by atoms with E-state index in [9.17, 15) is 0 Å². The summed E-state index contributed by atoms with van der Waals surface area (Å²) in [4.78, 5) is 19.5. The van der Waals surface area contributed by atoms with Gasteiger partial charge in [-0.25, -0.2) is 4.98 Å². The fraction of sp³-hybridized carbons (Fsp3) is 0.423. The molecule has 0 bridgehead atoms. The highest BCUT2D eigenvalue weighted by molar-refractivity contribution is 7.08. The van der Waals surface area contributed by atoms with Crippen molar-refractivity contribution in [2.75, 3.05) is 43.4 Å². The number of imidazole rings is 1. The summed E-state index contributed by atoms with van der Waals surface area (Å²) in [7, 11) is 2.17. The number of benzene rings is 1. The summed E-state index contributed by atoms with van der Waals surface area (Å²) >= 11 is 1.73. The Morgan fingerprint density at radius 3 is 2.50 bits per heavy atom. The minimum Gasteiger partial charge on any atom is -0.364 e. The lowest BCUT2D eigenvalue weighted by atomic mass is 10.1. The molecular formula is C26H31N7S. The number of anilines is 2. The second-order valence-electron chi connectivity index (χ2n) is 9.49. The van der Waals surface area contributed by atoms with Crippen LogP contribution in [-0.2, 0) is 6.54 Å². The third-order valence-corrected chi connectivity index (χ3v) is 7.87. The second kappa shape index (κ2) is 9.35. The molecular weight excluding hydrogens is 442 g/mol. The van der Waals surface area contributed by atoms with E-state index in [-0.39, 0.29) is 0 Å². The molecule has 2 aliphatic rings. The van der Waals surface area contributed by atoms with Gasteiger partial charge in [-0.05, 0) is 53.4 Å². The smallest absolute Gasteiger partial charge is 0.229 e. The lowest BCUT2D eigenvalue weighted by Gasteiger charge is -2.32. The normalized spacial score (nSPS) is 17.6. The van der Waals surface area contributed by atoms with Crippen molar-refractivity contribution in [1.29, 1.82) is 0 Å². The minimum atomic E-state index is 0.498. The predicted molar refractivity (Wildman–Crippen MR) is 140 cm³/mol. The third-order valence-electron chi connectivity index (χ3n) is 7.18. The number of likely N-dealkylation sites (N-methyl/N-ethyl adjacent to an activating group) is 1. The lowest BCUT2D eigenvalue weighted by molar-refractivity contribution is 0.311. The Hall–Kier alpha value is -2.97. The highest BCUT2D eigenvalue weighted by atomic mass is 32.1. The first-order valence-electron chi connectivity index (χ1n) is 12.3. The molecule has 4 heterocycles. The third kappa shape index (κ3) is 4.28. The second-order valence-corrected chi connectivity index (χ2v) is 10.3. The molecule has 8 heteroatoms. The monoisotopic (exact) mass is 473 g/mol. The van der Waals surface area contributed by atoms with Gasteiger partial charge in [0.05, 0.1) is 6.33 Å². The Labute approximate surface area is 204 Å². The fourth-order valence-electron chi connectivity index (χ4n) is 5.06. The van der Waals surface area contributed by atoms with E-state index in [1.54, 1.807) is 11.3 Å². The first-order valence-corrected chi connectivity index (χ1v) is 13.2. The van der Waals surface area contributed by atoms with E-state index in [4.69, 9.17) is 15.0 Å². The largest absolute Gasteiger partial charge is 0.364 e. The first kappa shape index (κ1) is 21.6. The molecule has 0 unspecified atom stereocenters. The van der Waals surface area contributed by atoms with Gasteiger partial charge in [0, 0.05) is 38.8 Å². The van der Waals surface area contributed by atoms with E-state index < -0.39 is 0 Å². The van der Waals surface area contributed by atoms with E-state index in [1.165, 1.54) is 42.4 Å². The van der Waals surface area contributed by atoms with Gasteiger partial charge in [0.25, 0.3) is 0 Å². The minimum absolute atomic E-state index is 0.498. The number of aromatic nitrogens is 4. The van der Waals surface area contributed by atoms with Crippen molar-refractivity contribution < 1.29 is 0 Å². The molecule has 0 amide bonds. The Bertz CT molecular complexity index is 1230. The van der Waals surface area contributed by atoms with Crippen LogP contribution in [0, 0.1) is 0 Å². The number of piperazine rings is 1. The number of fused-ring (bicyclic) bond motifs is 1. The van der Waals surface area contributed by atoms with Crippen molar-refractivity contribution >= 4 is 34.3 Å². The van der Waals surface area contributed by atoms with E-state index in [0.717, 1.165) is 49.1 Å². The molecule has 1 aromatic carbocycles. The van der Waals surface area contributed by atoms with Crippen LogP contribution in [0.1, 0.15) is 37.3 Å². The number of nitrogens with zero attached hydrogens (tertiary/aromatic N) is 6. The topological polar surface area (TPSA) is 62.1 Å². The molecule has 176 valence electrons. The molecule has 0 atom stereocenters. The summed E-state index contributed by atoms with van der Waals surface area (Å²) in [6, 6.07) is 11.4. The lowest BCUT2D eigenvalue weighted by Crippen LogP contribution is -2.45. The van der Waals surface area contributed by atoms with Gasteiger partial charge in [-0.3, -0.25) is 0 Å². The van der Waals surface area contributed by atoms with Crippen molar-refractivity contribution in [3.63, 3.8) is 0 Å². The SMILES string of the molecule is CN1CCN(c2nc(NCc3ccc(-c4ccsc4)cc3)c3ncn(C4CCCC4)c3n2)CC1. The molecule has 2 fully saturated rings. The predicted octanol–water partition coefficient (Wildman–Crippen LogP) is 5.03. The van der Waals surface area contributed by atoms with Gasteiger partial charge < -0.3 is 19.7 Å². The van der Waals surface area contributed by atoms with Crippen LogP contribution in [-0.4, -0.2) is 57.6 Å². The van der Waals surface area contributed by atoms with Crippen molar-refractivity contribution in [2.24, 2.45) is 0 Å². The zero-order valence-corrected chi connectivity index (χ0v) is 20.5. The van der Waals surface area contributed by atoms with Crippen LogP contribution in [0.5, 0.6) is 0 Å². The molecule has 7 nitrogen and oxygen atoms in total. The summed E-state index contributed by atoms with van der Waals surface area (Å²) in [5.74, 6) is 1.65. The van der Waals surface area contributed by atoms with Crippen molar-refractivity contribution in [3.05, 3.63) is 53.0 Å². The van der Waals surface area contributed by atoms with Crippen LogP contribution < -0.4 is 10.2 Å². The van der Waals surface area contributed by atoms with E-state index in [1.807, 2.05) is 6.33 Å². The maximum Gasteiger partial charge on any atom is 0.229 e. The van der Waals surface area contributed by atoms with Crippen molar-refractivity contribution in [3.8, 4) is 11.1 Å². The number of nitrogens with one attached hydrogen (secondary N) is 1. The summed E-state index contributed by atoms with van der Waals surface area (Å²) in [5, 5.41) is 7.89. The molecule has 1 aliphatic carbocycles. The molecule has 0 radical (unpaired) electrons. The van der Waals surface area contributed by atoms with Crippen LogP contribution in [0.2, 0.25) is 0 Å². The fourth-order valence-corrected chi connectivity index (χ4v) is 5.72. The van der Waals surface area contributed by atoms with Gasteiger partial charge in [0.1, 0.15) is 0 Å².